The highest BCUT2D eigenvalue weighted by molar-refractivity contribution is 7.80. The number of nitrogens with one attached hydrogen (secondary N) is 1. The van der Waals surface area contributed by atoms with Crippen molar-refractivity contribution in [1.29, 1.82) is 0 Å². The third-order valence-electron chi connectivity index (χ3n) is 6.56. The number of aromatic nitrogens is 2. The van der Waals surface area contributed by atoms with E-state index >= 15 is 0 Å². The number of phenols is 1. The summed E-state index contributed by atoms with van der Waals surface area (Å²) in [5, 5.41) is 16.0. The van der Waals surface area contributed by atoms with Crippen LogP contribution in [0.1, 0.15) is 40.3 Å². The lowest BCUT2D eigenvalue weighted by atomic mass is 9.96. The molecule has 2 atom stereocenters. The molecular formula is C27H24Cl2N4OS. The summed E-state index contributed by atoms with van der Waals surface area (Å²) in [6.45, 7) is 6.19. The topological polar surface area (TPSA) is 53.3 Å². The predicted octanol–water partition coefficient (Wildman–Crippen LogP) is 6.99. The molecule has 4 aromatic rings. The molecule has 5 rings (SSSR count). The number of benzene rings is 2. The van der Waals surface area contributed by atoms with Gasteiger partial charge in [0.1, 0.15) is 5.75 Å². The Bertz CT molecular complexity index is 1440. The van der Waals surface area contributed by atoms with E-state index in [1.807, 2.05) is 42.2 Å². The first kappa shape index (κ1) is 23.7. The van der Waals surface area contributed by atoms with Crippen molar-refractivity contribution in [1.82, 2.24) is 14.9 Å². The highest BCUT2D eigenvalue weighted by Crippen LogP contribution is 2.46. The van der Waals surface area contributed by atoms with Crippen LogP contribution in [0, 0.1) is 20.8 Å². The van der Waals surface area contributed by atoms with E-state index in [9.17, 15) is 5.11 Å². The minimum atomic E-state index is -0.277. The van der Waals surface area contributed by atoms with E-state index < -0.39 is 0 Å². The zero-order valence-corrected chi connectivity index (χ0v) is 21.8. The van der Waals surface area contributed by atoms with Gasteiger partial charge in [0.05, 0.1) is 23.5 Å². The first-order valence-electron chi connectivity index (χ1n) is 11.2. The van der Waals surface area contributed by atoms with Crippen LogP contribution in [0.3, 0.4) is 0 Å². The number of aromatic hydroxyl groups is 1. The Labute approximate surface area is 219 Å². The van der Waals surface area contributed by atoms with Gasteiger partial charge < -0.3 is 19.9 Å². The Morgan fingerprint density at radius 2 is 1.77 bits per heavy atom. The number of anilines is 1. The molecule has 0 saturated carbocycles. The van der Waals surface area contributed by atoms with Crippen LogP contribution in [0.2, 0.25) is 10.0 Å². The Balaban J connectivity index is 1.73. The van der Waals surface area contributed by atoms with Gasteiger partial charge in [0, 0.05) is 33.3 Å². The molecule has 2 aromatic heterocycles. The molecule has 178 valence electrons. The van der Waals surface area contributed by atoms with Gasteiger partial charge in [0.2, 0.25) is 0 Å². The molecule has 1 saturated heterocycles. The van der Waals surface area contributed by atoms with Crippen LogP contribution in [0.15, 0.2) is 66.9 Å². The largest absolute Gasteiger partial charge is 0.506 e. The van der Waals surface area contributed by atoms with Crippen molar-refractivity contribution in [2.45, 2.75) is 32.9 Å². The van der Waals surface area contributed by atoms with E-state index in [4.69, 9.17) is 35.4 Å². The van der Waals surface area contributed by atoms with Gasteiger partial charge in [-0.2, -0.15) is 0 Å². The van der Waals surface area contributed by atoms with Crippen LogP contribution >= 0.6 is 35.4 Å². The fraction of sp³-hybridized carbons (Fsp3) is 0.185. The first-order chi connectivity index (χ1) is 16.8. The van der Waals surface area contributed by atoms with Crippen molar-refractivity contribution in [3.8, 4) is 11.4 Å². The van der Waals surface area contributed by atoms with Gasteiger partial charge >= 0.3 is 0 Å². The van der Waals surface area contributed by atoms with Crippen molar-refractivity contribution < 1.29 is 5.11 Å². The monoisotopic (exact) mass is 522 g/mol. The van der Waals surface area contributed by atoms with Crippen molar-refractivity contribution in [3.63, 3.8) is 0 Å². The maximum atomic E-state index is 10.8. The van der Waals surface area contributed by atoms with Gasteiger partial charge in [-0.1, -0.05) is 35.3 Å². The van der Waals surface area contributed by atoms with Gasteiger partial charge in [-0.15, -0.1) is 0 Å². The van der Waals surface area contributed by atoms with Crippen LogP contribution in [-0.4, -0.2) is 19.8 Å². The number of halogens is 2. The number of hydrogen-bond acceptors (Lipinski definition) is 3. The molecule has 0 aliphatic carbocycles. The van der Waals surface area contributed by atoms with Crippen LogP contribution in [0.5, 0.6) is 5.75 Å². The molecule has 0 radical (unpaired) electrons. The fourth-order valence-corrected chi connectivity index (χ4v) is 5.59. The Hall–Kier alpha value is -3.06. The lowest BCUT2D eigenvalue weighted by Gasteiger charge is -2.29. The predicted molar refractivity (Wildman–Crippen MR) is 146 cm³/mol. The highest BCUT2D eigenvalue weighted by atomic mass is 35.5. The summed E-state index contributed by atoms with van der Waals surface area (Å²) in [6, 6.07) is 18.4. The summed E-state index contributed by atoms with van der Waals surface area (Å²) < 4.78 is 2.21. The number of rotatable bonds is 4. The molecule has 5 nitrogen and oxygen atoms in total. The second-order valence-electron chi connectivity index (χ2n) is 8.68. The van der Waals surface area contributed by atoms with E-state index in [0.717, 1.165) is 38.9 Å². The minimum absolute atomic E-state index is 0.102. The Morgan fingerprint density at radius 1 is 0.971 bits per heavy atom. The summed E-state index contributed by atoms with van der Waals surface area (Å²) in [7, 11) is 0. The second kappa shape index (κ2) is 9.19. The molecule has 1 fully saturated rings. The molecule has 0 spiro atoms. The minimum Gasteiger partial charge on any atom is -0.506 e. The Morgan fingerprint density at radius 3 is 2.51 bits per heavy atom. The highest BCUT2D eigenvalue weighted by Gasteiger charge is 2.43. The number of nitrogens with zero attached hydrogens (tertiary/aromatic N) is 3. The normalized spacial score (nSPS) is 17.6. The molecule has 2 N–H and O–H groups in total. The molecule has 0 amide bonds. The number of hydrogen-bond donors (Lipinski definition) is 2. The van der Waals surface area contributed by atoms with Gasteiger partial charge in [-0.3, -0.25) is 4.98 Å². The molecule has 3 heterocycles. The van der Waals surface area contributed by atoms with Crippen LogP contribution < -0.4 is 10.2 Å². The summed E-state index contributed by atoms with van der Waals surface area (Å²) in [5.41, 5.74) is 6.61. The molecule has 2 aromatic carbocycles. The average molecular weight is 523 g/mol. The second-order valence-corrected chi connectivity index (χ2v) is 9.91. The number of pyridine rings is 1. The van der Waals surface area contributed by atoms with Crippen LogP contribution in [0.4, 0.5) is 5.69 Å². The fourth-order valence-electron chi connectivity index (χ4n) is 4.92. The lowest BCUT2D eigenvalue weighted by Crippen LogP contribution is -2.29. The van der Waals surface area contributed by atoms with E-state index in [-0.39, 0.29) is 17.8 Å². The van der Waals surface area contributed by atoms with E-state index in [0.29, 0.717) is 15.8 Å². The third-order valence-corrected chi connectivity index (χ3v) is 7.52. The third kappa shape index (κ3) is 4.05. The van der Waals surface area contributed by atoms with Crippen LogP contribution in [-0.2, 0) is 0 Å². The van der Waals surface area contributed by atoms with Crippen molar-refractivity contribution in [2.75, 3.05) is 4.90 Å². The SMILES string of the molecule is Cc1c(Cl)cccc1-n1c(C)cc(C2C(c3ccccn3)NC(=S)N2c2cc(Cl)ccc2O)c1C. The first-order valence-corrected chi connectivity index (χ1v) is 12.4. The molecule has 1 aliphatic rings. The molecule has 0 bridgehead atoms. The molecule has 2 unspecified atom stereocenters. The molecular weight excluding hydrogens is 499 g/mol. The summed E-state index contributed by atoms with van der Waals surface area (Å²) in [5.74, 6) is 0.102. The summed E-state index contributed by atoms with van der Waals surface area (Å²) >= 11 is 18.6. The summed E-state index contributed by atoms with van der Waals surface area (Å²) in [4.78, 5) is 6.56. The zero-order valence-electron chi connectivity index (χ0n) is 19.5. The maximum absolute atomic E-state index is 10.8. The summed E-state index contributed by atoms with van der Waals surface area (Å²) in [6.07, 6.45) is 1.77. The van der Waals surface area contributed by atoms with Gasteiger partial charge in [-0.05, 0) is 92.6 Å². The van der Waals surface area contributed by atoms with E-state index in [2.05, 4.69) is 40.8 Å². The smallest absolute Gasteiger partial charge is 0.174 e. The molecule has 1 aliphatic heterocycles. The average Bonchev–Trinajstić information content (AvgIpc) is 3.33. The number of phenolic OH excluding ortho intramolecular Hbond substituents is 1. The van der Waals surface area contributed by atoms with Gasteiger partial charge in [0.15, 0.2) is 5.11 Å². The lowest BCUT2D eigenvalue weighted by molar-refractivity contribution is 0.472. The van der Waals surface area contributed by atoms with Crippen molar-refractivity contribution >= 4 is 46.2 Å². The molecule has 8 heteroatoms. The van der Waals surface area contributed by atoms with E-state index in [1.165, 1.54) is 0 Å². The maximum Gasteiger partial charge on any atom is 0.174 e. The molecule has 35 heavy (non-hydrogen) atoms. The quantitative estimate of drug-likeness (QED) is 0.283. The van der Waals surface area contributed by atoms with Crippen LogP contribution in [0.25, 0.3) is 5.69 Å². The standard InChI is InChI=1S/C27H24Cl2N4OS/c1-15-13-19(17(3)32(15)22-9-6-7-20(29)16(22)2)26-25(21-8-4-5-12-30-21)31-27(35)33(26)23-14-18(28)10-11-24(23)34/h4-14,25-26,34H,1-3H3,(H,31,35). The van der Waals surface area contributed by atoms with Crippen molar-refractivity contribution in [2.24, 2.45) is 0 Å². The van der Waals surface area contributed by atoms with E-state index in [1.54, 1.807) is 24.4 Å². The van der Waals surface area contributed by atoms with Gasteiger partial charge in [0.25, 0.3) is 0 Å². The Kier molecular flexibility index (Phi) is 6.21. The van der Waals surface area contributed by atoms with Crippen molar-refractivity contribution in [3.05, 3.63) is 105 Å². The number of aryl methyl sites for hydroxylation is 1. The zero-order chi connectivity index (χ0) is 24.9. The van der Waals surface area contributed by atoms with Gasteiger partial charge in [-0.25, -0.2) is 0 Å². The number of thiocarbonyl (C=S) groups is 1.